The first-order valence-electron chi connectivity index (χ1n) is 4.41. The molecule has 5 heteroatoms. The summed E-state index contributed by atoms with van der Waals surface area (Å²) in [4.78, 5) is 10.6. The van der Waals surface area contributed by atoms with Gasteiger partial charge in [0.15, 0.2) is 6.29 Å². The molecular formula is C10H12BrNO3. The molecule has 4 N–H and O–H groups in total. The number of hydrogen-bond acceptors (Lipinski definition) is 4. The van der Waals surface area contributed by atoms with E-state index in [-0.39, 0.29) is 6.54 Å². The van der Waals surface area contributed by atoms with Crippen LogP contribution in [0.4, 0.5) is 0 Å². The molecule has 0 saturated heterocycles. The van der Waals surface area contributed by atoms with Gasteiger partial charge in [-0.3, -0.25) is 4.79 Å². The summed E-state index contributed by atoms with van der Waals surface area (Å²) < 4.78 is 0.486. The van der Waals surface area contributed by atoms with Crippen LogP contribution in [0.1, 0.15) is 22.0 Å². The van der Waals surface area contributed by atoms with Crippen molar-refractivity contribution in [3.8, 4) is 0 Å². The largest absolute Gasteiger partial charge is 0.389 e. The summed E-state index contributed by atoms with van der Waals surface area (Å²) in [6.07, 6.45) is -1.46. The molecule has 1 aromatic rings. The lowest BCUT2D eigenvalue weighted by Crippen LogP contribution is -2.27. The summed E-state index contributed by atoms with van der Waals surface area (Å²) in [5, 5.41) is 19.1. The maximum absolute atomic E-state index is 10.6. The Hall–Kier alpha value is -0.750. The van der Waals surface area contributed by atoms with E-state index in [4.69, 9.17) is 5.73 Å². The molecule has 0 aliphatic carbocycles. The van der Waals surface area contributed by atoms with E-state index < -0.39 is 12.2 Å². The SMILES string of the molecule is NCC(O)C(O)c1cccc(C=O)c1Br. The second-order valence-corrected chi connectivity index (χ2v) is 3.91. The standard InChI is InChI=1S/C10H12BrNO3/c11-9-6(5-13)2-1-3-7(9)10(15)8(14)4-12/h1-3,5,8,10,14-15H,4,12H2. The number of carbonyl (C=O) groups is 1. The zero-order valence-electron chi connectivity index (χ0n) is 7.93. The van der Waals surface area contributed by atoms with Gasteiger partial charge in [-0.2, -0.15) is 0 Å². The lowest BCUT2D eigenvalue weighted by atomic mass is 10.0. The molecule has 0 heterocycles. The molecule has 1 rings (SSSR count). The molecule has 0 aliphatic rings. The van der Waals surface area contributed by atoms with Crippen molar-refractivity contribution in [3.05, 3.63) is 33.8 Å². The lowest BCUT2D eigenvalue weighted by Gasteiger charge is -2.18. The second kappa shape index (κ2) is 5.37. The summed E-state index contributed by atoms with van der Waals surface area (Å²) in [5.41, 5.74) is 6.12. The Bertz CT molecular complexity index is 357. The van der Waals surface area contributed by atoms with Crippen molar-refractivity contribution in [2.24, 2.45) is 5.73 Å². The molecule has 2 unspecified atom stereocenters. The van der Waals surface area contributed by atoms with Gasteiger partial charge in [-0.15, -0.1) is 0 Å². The monoisotopic (exact) mass is 273 g/mol. The number of aliphatic hydroxyl groups excluding tert-OH is 2. The predicted molar refractivity (Wildman–Crippen MR) is 59.6 cm³/mol. The fraction of sp³-hybridized carbons (Fsp3) is 0.300. The Morgan fingerprint density at radius 2 is 2.13 bits per heavy atom. The van der Waals surface area contributed by atoms with Crippen LogP contribution in [0.15, 0.2) is 22.7 Å². The van der Waals surface area contributed by atoms with Crippen molar-refractivity contribution in [1.29, 1.82) is 0 Å². The first-order chi connectivity index (χ1) is 7.11. The summed E-state index contributed by atoms with van der Waals surface area (Å²) in [6.45, 7) is -0.0427. The number of aliphatic hydroxyl groups is 2. The van der Waals surface area contributed by atoms with E-state index in [1.165, 1.54) is 0 Å². The van der Waals surface area contributed by atoms with Gasteiger partial charge in [0, 0.05) is 16.6 Å². The first kappa shape index (κ1) is 12.3. The lowest BCUT2D eigenvalue weighted by molar-refractivity contribution is 0.0239. The van der Waals surface area contributed by atoms with Gasteiger partial charge < -0.3 is 15.9 Å². The van der Waals surface area contributed by atoms with Gasteiger partial charge in [0.1, 0.15) is 6.10 Å². The Labute approximate surface area is 95.8 Å². The Kier molecular flexibility index (Phi) is 4.41. The molecule has 0 bridgehead atoms. The van der Waals surface area contributed by atoms with Crippen LogP contribution in [0.25, 0.3) is 0 Å². The Balaban J connectivity index is 3.09. The molecule has 1 aromatic carbocycles. The number of carbonyl (C=O) groups excluding carboxylic acids is 1. The van der Waals surface area contributed by atoms with Crippen molar-refractivity contribution >= 4 is 22.2 Å². The van der Waals surface area contributed by atoms with Crippen LogP contribution in [0.2, 0.25) is 0 Å². The van der Waals surface area contributed by atoms with Crippen molar-refractivity contribution in [2.75, 3.05) is 6.54 Å². The van der Waals surface area contributed by atoms with E-state index in [0.717, 1.165) is 0 Å². The van der Waals surface area contributed by atoms with E-state index >= 15 is 0 Å². The van der Waals surface area contributed by atoms with Gasteiger partial charge >= 0.3 is 0 Å². The average molecular weight is 274 g/mol. The minimum absolute atomic E-state index is 0.0427. The maximum atomic E-state index is 10.6. The molecule has 2 atom stereocenters. The third-order valence-corrected chi connectivity index (χ3v) is 3.03. The van der Waals surface area contributed by atoms with Gasteiger partial charge in [-0.25, -0.2) is 0 Å². The van der Waals surface area contributed by atoms with Crippen LogP contribution in [0, 0.1) is 0 Å². The van der Waals surface area contributed by atoms with Gasteiger partial charge in [0.2, 0.25) is 0 Å². The summed E-state index contributed by atoms with van der Waals surface area (Å²) in [6, 6.07) is 4.87. The topological polar surface area (TPSA) is 83.6 Å². The highest BCUT2D eigenvalue weighted by Crippen LogP contribution is 2.27. The van der Waals surface area contributed by atoms with E-state index in [1.807, 2.05) is 0 Å². The first-order valence-corrected chi connectivity index (χ1v) is 5.21. The number of rotatable bonds is 4. The summed E-state index contributed by atoms with van der Waals surface area (Å²) in [5.74, 6) is 0. The van der Waals surface area contributed by atoms with Gasteiger partial charge in [-0.05, 0) is 21.5 Å². The van der Waals surface area contributed by atoms with Crippen molar-refractivity contribution < 1.29 is 15.0 Å². The highest BCUT2D eigenvalue weighted by molar-refractivity contribution is 9.10. The average Bonchev–Trinajstić information content (AvgIpc) is 2.27. The maximum Gasteiger partial charge on any atom is 0.151 e. The fourth-order valence-corrected chi connectivity index (χ4v) is 1.82. The van der Waals surface area contributed by atoms with E-state index in [0.29, 0.717) is 21.9 Å². The summed E-state index contributed by atoms with van der Waals surface area (Å²) in [7, 11) is 0. The number of nitrogens with two attached hydrogens (primary N) is 1. The fourth-order valence-electron chi connectivity index (χ4n) is 1.22. The van der Waals surface area contributed by atoms with Crippen molar-refractivity contribution in [1.82, 2.24) is 0 Å². The van der Waals surface area contributed by atoms with Crippen molar-refractivity contribution in [2.45, 2.75) is 12.2 Å². The van der Waals surface area contributed by atoms with Gasteiger partial charge in [0.25, 0.3) is 0 Å². The molecule has 15 heavy (non-hydrogen) atoms. The number of benzene rings is 1. The highest BCUT2D eigenvalue weighted by Gasteiger charge is 2.20. The summed E-state index contributed by atoms with van der Waals surface area (Å²) >= 11 is 3.20. The van der Waals surface area contributed by atoms with E-state index in [9.17, 15) is 15.0 Å². The molecule has 0 spiro atoms. The number of halogens is 1. The van der Waals surface area contributed by atoms with Crippen LogP contribution in [-0.4, -0.2) is 29.1 Å². The highest BCUT2D eigenvalue weighted by atomic mass is 79.9. The molecular weight excluding hydrogens is 262 g/mol. The zero-order chi connectivity index (χ0) is 11.4. The van der Waals surface area contributed by atoms with Crippen LogP contribution < -0.4 is 5.73 Å². The molecule has 0 fully saturated rings. The minimum Gasteiger partial charge on any atom is -0.389 e. The third-order valence-electron chi connectivity index (χ3n) is 2.11. The van der Waals surface area contributed by atoms with Crippen LogP contribution in [-0.2, 0) is 0 Å². The van der Waals surface area contributed by atoms with Crippen molar-refractivity contribution in [3.63, 3.8) is 0 Å². The number of hydrogen-bond donors (Lipinski definition) is 3. The van der Waals surface area contributed by atoms with Crippen LogP contribution in [0.5, 0.6) is 0 Å². The van der Waals surface area contributed by atoms with E-state index in [1.54, 1.807) is 18.2 Å². The molecule has 82 valence electrons. The second-order valence-electron chi connectivity index (χ2n) is 3.12. The zero-order valence-corrected chi connectivity index (χ0v) is 9.52. The van der Waals surface area contributed by atoms with Crippen LogP contribution >= 0.6 is 15.9 Å². The molecule has 4 nitrogen and oxygen atoms in total. The normalized spacial score (nSPS) is 14.7. The smallest absolute Gasteiger partial charge is 0.151 e. The molecule has 0 aromatic heterocycles. The quantitative estimate of drug-likeness (QED) is 0.703. The molecule has 0 saturated carbocycles. The van der Waals surface area contributed by atoms with E-state index in [2.05, 4.69) is 15.9 Å². The predicted octanol–water partition coefficient (Wildman–Crippen LogP) is 0.615. The molecule has 0 aliphatic heterocycles. The van der Waals surface area contributed by atoms with Gasteiger partial charge in [-0.1, -0.05) is 18.2 Å². The van der Waals surface area contributed by atoms with Gasteiger partial charge in [0.05, 0.1) is 6.10 Å². The third kappa shape index (κ3) is 2.63. The minimum atomic E-state index is -1.09. The number of aldehydes is 1. The Morgan fingerprint density at radius 1 is 1.47 bits per heavy atom. The van der Waals surface area contributed by atoms with Crippen LogP contribution in [0.3, 0.4) is 0 Å². The Morgan fingerprint density at radius 3 is 2.67 bits per heavy atom. The molecule has 0 radical (unpaired) electrons. The molecule has 0 amide bonds.